The topological polar surface area (TPSA) is 74.5 Å². The number of carbonyl (C=O) groups excluding carboxylic acids is 1. The van der Waals surface area contributed by atoms with E-state index in [1.807, 2.05) is 31.2 Å². The zero-order valence-electron chi connectivity index (χ0n) is 15.7. The third-order valence-electron chi connectivity index (χ3n) is 4.21. The highest BCUT2D eigenvalue weighted by Gasteiger charge is 2.07. The van der Waals surface area contributed by atoms with E-state index in [1.165, 1.54) is 6.21 Å². The van der Waals surface area contributed by atoms with E-state index in [1.54, 1.807) is 42.5 Å². The summed E-state index contributed by atoms with van der Waals surface area (Å²) >= 11 is 6.09. The number of hydrogen-bond acceptors (Lipinski definition) is 4. The molecule has 0 unspecified atom stereocenters. The number of aryl methyl sites for hydroxylation is 1. The average molecular weight is 404 g/mol. The van der Waals surface area contributed by atoms with Crippen LogP contribution in [0.4, 0.5) is 0 Å². The van der Waals surface area contributed by atoms with Crippen molar-refractivity contribution < 1.29 is 9.53 Å². The molecule has 3 aromatic rings. The number of nitriles is 1. The smallest absolute Gasteiger partial charge is 0.271 e. The molecule has 0 aliphatic rings. The van der Waals surface area contributed by atoms with Crippen LogP contribution in [-0.4, -0.2) is 12.1 Å². The number of benzene rings is 3. The predicted octanol–water partition coefficient (Wildman–Crippen LogP) is 4.86. The molecule has 1 amide bonds. The number of amides is 1. The summed E-state index contributed by atoms with van der Waals surface area (Å²) in [6.07, 6.45) is 1.50. The lowest BCUT2D eigenvalue weighted by molar-refractivity contribution is 0.0954. The zero-order chi connectivity index (χ0) is 20.6. The number of rotatable bonds is 6. The summed E-state index contributed by atoms with van der Waals surface area (Å²) in [5, 5.41) is 13.4. The Morgan fingerprint density at radius 3 is 2.66 bits per heavy atom. The van der Waals surface area contributed by atoms with Crippen LogP contribution in [0.5, 0.6) is 5.75 Å². The standard InChI is InChI=1S/C23H18ClN3O2/c1-16-4-2-3-5-21(16)23(28)27-26-14-19-12-20(24)10-11-22(19)29-15-18-8-6-17(13-25)7-9-18/h2-12,14H,15H2,1H3,(H,27,28)/b26-14-. The van der Waals surface area contributed by atoms with Crippen molar-refractivity contribution in [3.8, 4) is 11.8 Å². The first-order chi connectivity index (χ1) is 14.1. The molecular weight excluding hydrogens is 386 g/mol. The quantitative estimate of drug-likeness (QED) is 0.471. The first-order valence-corrected chi connectivity index (χ1v) is 9.25. The summed E-state index contributed by atoms with van der Waals surface area (Å²) in [5.74, 6) is 0.286. The molecule has 0 spiro atoms. The Bertz CT molecular complexity index is 1090. The maximum atomic E-state index is 12.3. The molecular formula is C23H18ClN3O2. The lowest BCUT2D eigenvalue weighted by Crippen LogP contribution is -2.18. The first-order valence-electron chi connectivity index (χ1n) is 8.87. The van der Waals surface area contributed by atoms with Crippen LogP contribution in [0.1, 0.15) is 32.6 Å². The second kappa shape index (κ2) is 9.54. The van der Waals surface area contributed by atoms with Crippen molar-refractivity contribution in [2.45, 2.75) is 13.5 Å². The average Bonchev–Trinajstić information content (AvgIpc) is 2.74. The van der Waals surface area contributed by atoms with Gasteiger partial charge in [0.1, 0.15) is 12.4 Å². The summed E-state index contributed by atoms with van der Waals surface area (Å²) in [6, 6.07) is 21.7. The van der Waals surface area contributed by atoms with Gasteiger partial charge in [-0.1, -0.05) is 41.9 Å². The monoisotopic (exact) mass is 403 g/mol. The Morgan fingerprint density at radius 1 is 1.17 bits per heavy atom. The van der Waals surface area contributed by atoms with Gasteiger partial charge in [-0.2, -0.15) is 10.4 Å². The Balaban J connectivity index is 1.69. The van der Waals surface area contributed by atoms with Gasteiger partial charge in [0.2, 0.25) is 0 Å². The van der Waals surface area contributed by atoms with E-state index >= 15 is 0 Å². The molecule has 0 bridgehead atoms. The van der Waals surface area contributed by atoms with E-state index in [9.17, 15) is 4.79 Å². The van der Waals surface area contributed by atoms with E-state index in [-0.39, 0.29) is 5.91 Å². The summed E-state index contributed by atoms with van der Waals surface area (Å²) in [6.45, 7) is 2.19. The highest BCUT2D eigenvalue weighted by Crippen LogP contribution is 2.22. The molecule has 0 radical (unpaired) electrons. The lowest BCUT2D eigenvalue weighted by Gasteiger charge is -2.10. The molecule has 0 aliphatic carbocycles. The molecule has 3 aromatic carbocycles. The van der Waals surface area contributed by atoms with Gasteiger partial charge in [-0.3, -0.25) is 4.79 Å². The summed E-state index contributed by atoms with van der Waals surface area (Å²) in [5.41, 5.74) is 6.11. The van der Waals surface area contributed by atoms with Crippen LogP contribution in [0.3, 0.4) is 0 Å². The van der Waals surface area contributed by atoms with Gasteiger partial charge in [0, 0.05) is 16.1 Å². The van der Waals surface area contributed by atoms with Gasteiger partial charge in [0.15, 0.2) is 0 Å². The Labute approximate surface area is 174 Å². The number of nitrogens with one attached hydrogen (secondary N) is 1. The van der Waals surface area contributed by atoms with Crippen LogP contribution in [0.25, 0.3) is 0 Å². The van der Waals surface area contributed by atoms with E-state index in [2.05, 4.69) is 16.6 Å². The van der Waals surface area contributed by atoms with Gasteiger partial charge in [-0.05, 0) is 54.4 Å². The van der Waals surface area contributed by atoms with Crippen LogP contribution in [-0.2, 0) is 6.61 Å². The van der Waals surface area contributed by atoms with Crippen LogP contribution in [0, 0.1) is 18.3 Å². The maximum absolute atomic E-state index is 12.3. The minimum Gasteiger partial charge on any atom is -0.488 e. The third kappa shape index (κ3) is 5.44. The van der Waals surface area contributed by atoms with E-state index in [0.717, 1.165) is 11.1 Å². The van der Waals surface area contributed by atoms with Gasteiger partial charge in [-0.25, -0.2) is 5.43 Å². The number of hydrazone groups is 1. The zero-order valence-corrected chi connectivity index (χ0v) is 16.5. The lowest BCUT2D eigenvalue weighted by atomic mass is 10.1. The van der Waals surface area contributed by atoms with E-state index < -0.39 is 0 Å². The van der Waals surface area contributed by atoms with Crippen LogP contribution >= 0.6 is 11.6 Å². The summed E-state index contributed by atoms with van der Waals surface area (Å²) < 4.78 is 5.87. The molecule has 0 aromatic heterocycles. The van der Waals surface area contributed by atoms with E-state index in [0.29, 0.717) is 34.1 Å². The number of nitrogens with zero attached hydrogens (tertiary/aromatic N) is 2. The fourth-order valence-corrected chi connectivity index (χ4v) is 2.82. The van der Waals surface area contributed by atoms with Gasteiger partial charge in [0.25, 0.3) is 5.91 Å². The molecule has 29 heavy (non-hydrogen) atoms. The Hall–Kier alpha value is -3.62. The molecule has 0 aliphatic heterocycles. The number of hydrogen-bond donors (Lipinski definition) is 1. The fourth-order valence-electron chi connectivity index (χ4n) is 2.64. The van der Waals surface area contributed by atoms with Crippen molar-refractivity contribution in [1.82, 2.24) is 5.43 Å². The van der Waals surface area contributed by atoms with Crippen molar-refractivity contribution in [2.24, 2.45) is 5.10 Å². The fraction of sp³-hybridized carbons (Fsp3) is 0.0870. The highest BCUT2D eigenvalue weighted by atomic mass is 35.5. The molecule has 0 saturated heterocycles. The van der Waals surface area contributed by atoms with Crippen molar-refractivity contribution in [2.75, 3.05) is 0 Å². The second-order valence-electron chi connectivity index (χ2n) is 6.29. The summed E-state index contributed by atoms with van der Waals surface area (Å²) in [4.78, 5) is 12.3. The van der Waals surface area contributed by atoms with Crippen molar-refractivity contribution in [3.05, 3.63) is 99.6 Å². The van der Waals surface area contributed by atoms with Gasteiger partial charge >= 0.3 is 0 Å². The molecule has 5 nitrogen and oxygen atoms in total. The van der Waals surface area contributed by atoms with Gasteiger partial charge in [0.05, 0.1) is 17.8 Å². The van der Waals surface area contributed by atoms with Gasteiger partial charge < -0.3 is 4.74 Å². The minimum atomic E-state index is -0.290. The van der Waals surface area contributed by atoms with Crippen LogP contribution in [0.15, 0.2) is 71.8 Å². The molecule has 0 fully saturated rings. The normalized spacial score (nSPS) is 10.5. The largest absolute Gasteiger partial charge is 0.488 e. The molecule has 6 heteroatoms. The van der Waals surface area contributed by atoms with Gasteiger partial charge in [-0.15, -0.1) is 0 Å². The first kappa shape index (κ1) is 20.1. The number of halogens is 1. The summed E-state index contributed by atoms with van der Waals surface area (Å²) in [7, 11) is 0. The molecule has 0 heterocycles. The number of ether oxygens (including phenoxy) is 1. The third-order valence-corrected chi connectivity index (χ3v) is 4.44. The molecule has 0 saturated carbocycles. The van der Waals surface area contributed by atoms with Crippen molar-refractivity contribution >= 4 is 23.7 Å². The predicted molar refractivity (Wildman–Crippen MR) is 113 cm³/mol. The second-order valence-corrected chi connectivity index (χ2v) is 6.73. The SMILES string of the molecule is Cc1ccccc1C(=O)N/N=C\c1cc(Cl)ccc1OCc1ccc(C#N)cc1. The maximum Gasteiger partial charge on any atom is 0.271 e. The van der Waals surface area contributed by atoms with Crippen LogP contribution in [0.2, 0.25) is 5.02 Å². The Kier molecular flexibility index (Phi) is 6.62. The van der Waals surface area contributed by atoms with Crippen molar-refractivity contribution in [1.29, 1.82) is 5.26 Å². The van der Waals surface area contributed by atoms with Crippen LogP contribution < -0.4 is 10.2 Å². The molecule has 1 N–H and O–H groups in total. The molecule has 3 rings (SSSR count). The molecule has 144 valence electrons. The van der Waals surface area contributed by atoms with Crippen molar-refractivity contribution in [3.63, 3.8) is 0 Å². The number of carbonyl (C=O) groups is 1. The minimum absolute atomic E-state index is 0.290. The highest BCUT2D eigenvalue weighted by molar-refractivity contribution is 6.30. The molecule has 0 atom stereocenters. The Morgan fingerprint density at radius 2 is 1.93 bits per heavy atom. The van der Waals surface area contributed by atoms with E-state index in [4.69, 9.17) is 21.6 Å².